The number of carbonyl (C=O) groups is 1. The minimum atomic E-state index is -4.60. The molecule has 0 aliphatic carbocycles. The lowest BCUT2D eigenvalue weighted by Gasteiger charge is -2.35. The summed E-state index contributed by atoms with van der Waals surface area (Å²) in [6.07, 6.45) is -0.930. The second-order valence-electron chi connectivity index (χ2n) is 9.71. The lowest BCUT2D eigenvalue weighted by atomic mass is 10.1. The Hall–Kier alpha value is -3.15. The number of carbonyl (C=O) groups excluding carboxylic acids is 1. The number of nitrogens with one attached hydrogen (secondary N) is 2. The van der Waals surface area contributed by atoms with Gasteiger partial charge in [0.1, 0.15) is 18.1 Å². The number of hydrogen-bond donors (Lipinski definition) is 2. The summed E-state index contributed by atoms with van der Waals surface area (Å²) in [6.45, 7) is 6.66. The molecule has 0 radical (unpaired) electrons. The molecule has 1 aromatic carbocycles. The van der Waals surface area contributed by atoms with E-state index in [1.54, 1.807) is 4.90 Å². The van der Waals surface area contributed by atoms with E-state index in [1.807, 2.05) is 25.1 Å². The molecule has 12 heteroatoms. The largest absolute Gasteiger partial charge is 0.421 e. The molecule has 8 nitrogen and oxygen atoms in total. The Balaban J connectivity index is 1.39. The van der Waals surface area contributed by atoms with Crippen LogP contribution in [0.15, 0.2) is 24.4 Å². The highest BCUT2D eigenvalue weighted by Crippen LogP contribution is 2.34. The van der Waals surface area contributed by atoms with Gasteiger partial charge in [-0.1, -0.05) is 0 Å². The SMILES string of the molecule is Cc1cc(N2CCN(CCF)CC2)ccc1Nc1ncc(C(F)(F)F)c(NCCCN2CCCCC2=O)n1. The van der Waals surface area contributed by atoms with Crippen molar-refractivity contribution in [3.05, 3.63) is 35.5 Å². The molecule has 4 rings (SSSR count). The molecule has 1 amide bonds. The van der Waals surface area contributed by atoms with Crippen LogP contribution in [0.3, 0.4) is 0 Å². The van der Waals surface area contributed by atoms with E-state index in [-0.39, 0.29) is 30.9 Å². The van der Waals surface area contributed by atoms with Gasteiger partial charge in [-0.2, -0.15) is 18.2 Å². The summed E-state index contributed by atoms with van der Waals surface area (Å²) in [4.78, 5) is 26.1. The normalized spacial score (nSPS) is 17.1. The fourth-order valence-electron chi connectivity index (χ4n) is 4.81. The van der Waals surface area contributed by atoms with Gasteiger partial charge in [-0.15, -0.1) is 0 Å². The molecule has 2 N–H and O–H groups in total. The van der Waals surface area contributed by atoms with Gasteiger partial charge in [0, 0.05) is 76.4 Å². The fourth-order valence-corrected chi connectivity index (χ4v) is 4.81. The molecule has 208 valence electrons. The lowest BCUT2D eigenvalue weighted by Crippen LogP contribution is -2.47. The van der Waals surface area contributed by atoms with E-state index < -0.39 is 11.7 Å². The Morgan fingerprint density at radius 1 is 1.05 bits per heavy atom. The van der Waals surface area contributed by atoms with Crippen molar-refractivity contribution in [3.8, 4) is 0 Å². The number of amides is 1. The minimum Gasteiger partial charge on any atom is -0.369 e. The number of piperazine rings is 1. The number of hydrogen-bond acceptors (Lipinski definition) is 7. The molecular formula is C26H35F4N7O. The van der Waals surface area contributed by atoms with Crippen molar-refractivity contribution in [1.82, 2.24) is 19.8 Å². The zero-order valence-electron chi connectivity index (χ0n) is 21.7. The molecule has 38 heavy (non-hydrogen) atoms. The van der Waals surface area contributed by atoms with Crippen LogP contribution in [-0.2, 0) is 11.0 Å². The summed E-state index contributed by atoms with van der Waals surface area (Å²) in [5.41, 5.74) is 1.70. The van der Waals surface area contributed by atoms with Gasteiger partial charge in [-0.25, -0.2) is 9.37 Å². The number of likely N-dealkylation sites (tertiary alicyclic amines) is 1. The summed E-state index contributed by atoms with van der Waals surface area (Å²) in [6, 6.07) is 5.83. The molecule has 2 aliphatic heterocycles. The van der Waals surface area contributed by atoms with Crippen molar-refractivity contribution in [2.45, 2.75) is 38.8 Å². The van der Waals surface area contributed by atoms with Crippen molar-refractivity contribution in [1.29, 1.82) is 0 Å². The maximum absolute atomic E-state index is 13.6. The predicted octanol–water partition coefficient (Wildman–Crippen LogP) is 4.45. The molecule has 2 fully saturated rings. The zero-order chi connectivity index (χ0) is 27.1. The number of rotatable bonds is 10. The van der Waals surface area contributed by atoms with Gasteiger partial charge < -0.3 is 20.4 Å². The van der Waals surface area contributed by atoms with Crippen LogP contribution >= 0.6 is 0 Å². The average molecular weight is 538 g/mol. The topological polar surface area (TPSA) is 76.6 Å². The molecule has 2 aromatic rings. The highest BCUT2D eigenvalue weighted by Gasteiger charge is 2.35. The molecule has 2 aliphatic rings. The number of alkyl halides is 4. The Morgan fingerprint density at radius 2 is 1.84 bits per heavy atom. The summed E-state index contributed by atoms with van der Waals surface area (Å²) in [7, 11) is 0. The van der Waals surface area contributed by atoms with E-state index in [2.05, 4.69) is 30.4 Å². The van der Waals surface area contributed by atoms with Crippen LogP contribution < -0.4 is 15.5 Å². The summed E-state index contributed by atoms with van der Waals surface area (Å²) in [5, 5.41) is 5.84. The smallest absolute Gasteiger partial charge is 0.369 e. The zero-order valence-corrected chi connectivity index (χ0v) is 21.7. The first-order chi connectivity index (χ1) is 18.2. The highest BCUT2D eigenvalue weighted by molar-refractivity contribution is 5.76. The second kappa shape index (κ2) is 12.6. The number of anilines is 4. The fraction of sp³-hybridized carbons (Fsp3) is 0.577. The first-order valence-electron chi connectivity index (χ1n) is 13.1. The Kier molecular flexibility index (Phi) is 9.24. The Bertz CT molecular complexity index is 1090. The van der Waals surface area contributed by atoms with Crippen molar-refractivity contribution < 1.29 is 22.4 Å². The van der Waals surface area contributed by atoms with Crippen LogP contribution in [0.5, 0.6) is 0 Å². The van der Waals surface area contributed by atoms with Crippen molar-refractivity contribution in [3.63, 3.8) is 0 Å². The van der Waals surface area contributed by atoms with E-state index in [0.29, 0.717) is 38.2 Å². The summed E-state index contributed by atoms with van der Waals surface area (Å²) in [5.74, 6) is -0.135. The maximum atomic E-state index is 13.6. The molecule has 3 heterocycles. The van der Waals surface area contributed by atoms with Crippen molar-refractivity contribution in [2.75, 3.05) is 74.6 Å². The lowest BCUT2D eigenvalue weighted by molar-refractivity contribution is -0.137. The molecule has 0 saturated carbocycles. The molecule has 2 saturated heterocycles. The number of benzene rings is 1. The summed E-state index contributed by atoms with van der Waals surface area (Å²) < 4.78 is 53.4. The molecule has 0 atom stereocenters. The minimum absolute atomic E-state index is 0.0578. The van der Waals surface area contributed by atoms with Gasteiger partial charge in [0.2, 0.25) is 11.9 Å². The van der Waals surface area contributed by atoms with Crippen LogP contribution in [0.1, 0.15) is 36.8 Å². The molecule has 0 unspecified atom stereocenters. The highest BCUT2D eigenvalue weighted by atomic mass is 19.4. The second-order valence-corrected chi connectivity index (χ2v) is 9.71. The van der Waals surface area contributed by atoms with Gasteiger partial charge in [0.05, 0.1) is 0 Å². The van der Waals surface area contributed by atoms with Crippen LogP contribution in [-0.4, -0.2) is 84.7 Å². The third kappa shape index (κ3) is 7.24. The third-order valence-corrected chi connectivity index (χ3v) is 7.01. The standard InChI is InChI=1S/C26H35F4N7O/c1-19-17-20(36-15-13-35(12-8-27)14-16-36)6-7-22(19)33-25-32-18-21(26(28,29)30)24(34-25)31-9-4-11-37-10-3-2-5-23(37)38/h6-7,17-18H,2-5,8-16H2,1H3,(H2,31,32,33,34). The third-order valence-electron chi connectivity index (χ3n) is 7.01. The quantitative estimate of drug-likeness (QED) is 0.343. The van der Waals surface area contributed by atoms with Gasteiger partial charge in [-0.3, -0.25) is 9.69 Å². The number of aromatic nitrogens is 2. The number of aryl methyl sites for hydroxylation is 1. The van der Waals surface area contributed by atoms with Crippen molar-refractivity contribution >= 4 is 29.0 Å². The van der Waals surface area contributed by atoms with Crippen LogP contribution in [0.4, 0.5) is 40.7 Å². The van der Waals surface area contributed by atoms with Gasteiger partial charge in [0.25, 0.3) is 0 Å². The first-order valence-corrected chi connectivity index (χ1v) is 13.1. The van der Waals surface area contributed by atoms with E-state index in [1.165, 1.54) is 0 Å². The predicted molar refractivity (Wildman–Crippen MR) is 140 cm³/mol. The monoisotopic (exact) mass is 537 g/mol. The van der Waals surface area contributed by atoms with Crippen LogP contribution in [0.2, 0.25) is 0 Å². The Labute approximate surface area is 220 Å². The summed E-state index contributed by atoms with van der Waals surface area (Å²) >= 11 is 0. The maximum Gasteiger partial charge on any atom is 0.421 e. The number of nitrogens with zero attached hydrogens (tertiary/aromatic N) is 5. The molecule has 0 bridgehead atoms. The van der Waals surface area contributed by atoms with Gasteiger partial charge in [0.15, 0.2) is 0 Å². The molecular weight excluding hydrogens is 502 g/mol. The van der Waals surface area contributed by atoms with Crippen LogP contribution in [0.25, 0.3) is 0 Å². The van der Waals surface area contributed by atoms with Gasteiger partial charge >= 0.3 is 6.18 Å². The van der Waals surface area contributed by atoms with Crippen LogP contribution in [0, 0.1) is 6.92 Å². The molecule has 0 spiro atoms. The van der Waals surface area contributed by atoms with E-state index >= 15 is 0 Å². The molecule has 1 aromatic heterocycles. The first kappa shape index (κ1) is 27.9. The van der Waals surface area contributed by atoms with E-state index in [9.17, 15) is 22.4 Å². The van der Waals surface area contributed by atoms with Gasteiger partial charge in [-0.05, 0) is 49.9 Å². The van der Waals surface area contributed by atoms with Crippen molar-refractivity contribution in [2.24, 2.45) is 0 Å². The number of halogens is 4. The Morgan fingerprint density at radius 3 is 2.53 bits per heavy atom. The van der Waals surface area contributed by atoms with E-state index in [0.717, 1.165) is 56.5 Å². The average Bonchev–Trinajstić information content (AvgIpc) is 2.89. The van der Waals surface area contributed by atoms with E-state index in [4.69, 9.17) is 0 Å². The number of piperidine rings is 1.